The highest BCUT2D eigenvalue weighted by Crippen LogP contribution is 2.28. The van der Waals surface area contributed by atoms with Gasteiger partial charge in [0.1, 0.15) is 0 Å². The molecule has 0 aliphatic rings. The van der Waals surface area contributed by atoms with E-state index in [9.17, 15) is 4.79 Å². The Morgan fingerprint density at radius 3 is 2.74 bits per heavy atom. The molecule has 23 heavy (non-hydrogen) atoms. The van der Waals surface area contributed by atoms with Crippen molar-refractivity contribution >= 4 is 22.4 Å². The Kier molecular flexibility index (Phi) is 4.59. The average molecular weight is 321 g/mol. The van der Waals surface area contributed by atoms with E-state index in [0.717, 1.165) is 16.8 Å². The summed E-state index contributed by atoms with van der Waals surface area (Å²) in [5, 5.41) is 2.61. The van der Waals surface area contributed by atoms with Gasteiger partial charge in [-0.2, -0.15) is 0 Å². The van der Waals surface area contributed by atoms with Crippen LogP contribution in [0.4, 0.5) is 5.13 Å². The first-order valence-corrected chi connectivity index (χ1v) is 7.99. The summed E-state index contributed by atoms with van der Waals surface area (Å²) >= 11 is 1.44. The van der Waals surface area contributed by atoms with Gasteiger partial charge in [-0.3, -0.25) is 14.7 Å². The minimum atomic E-state index is -0.178. The molecule has 0 aliphatic heterocycles. The summed E-state index contributed by atoms with van der Waals surface area (Å²) in [5.74, 6) is -0.178. The van der Waals surface area contributed by atoms with E-state index in [-0.39, 0.29) is 5.91 Å². The van der Waals surface area contributed by atoms with Crippen LogP contribution in [-0.2, 0) is 11.3 Å². The Morgan fingerprint density at radius 2 is 2.04 bits per heavy atom. The van der Waals surface area contributed by atoms with Gasteiger partial charge in [0.15, 0.2) is 5.13 Å². The second-order valence-electron chi connectivity index (χ2n) is 4.87. The molecule has 1 amide bonds. The molecule has 0 atom stereocenters. The molecule has 2 heterocycles. The van der Waals surface area contributed by atoms with Crippen LogP contribution in [0.5, 0.6) is 0 Å². The van der Waals surface area contributed by atoms with Crippen LogP contribution in [0, 0.1) is 0 Å². The summed E-state index contributed by atoms with van der Waals surface area (Å²) in [6.45, 7) is 4.00. The first-order valence-electron chi connectivity index (χ1n) is 7.11. The Hall–Kier alpha value is -2.79. The lowest BCUT2D eigenvalue weighted by Gasteiger charge is -2.17. The van der Waals surface area contributed by atoms with Crippen LogP contribution in [0.15, 0.2) is 72.9 Å². The molecule has 1 aromatic carbocycles. The monoisotopic (exact) mass is 321 g/mol. The maximum Gasteiger partial charge on any atom is 0.252 e. The second kappa shape index (κ2) is 6.98. The van der Waals surface area contributed by atoms with E-state index in [4.69, 9.17) is 0 Å². The van der Waals surface area contributed by atoms with E-state index < -0.39 is 0 Å². The molecule has 0 saturated heterocycles. The fraction of sp³-hybridized carbons (Fsp3) is 0.0556. The molecule has 0 saturated carbocycles. The van der Waals surface area contributed by atoms with Gasteiger partial charge in [-0.1, -0.05) is 43.0 Å². The van der Waals surface area contributed by atoms with E-state index in [2.05, 4.69) is 16.5 Å². The molecule has 0 fully saturated rings. The molecule has 0 N–H and O–H groups in total. The molecule has 114 valence electrons. The van der Waals surface area contributed by atoms with Crippen molar-refractivity contribution in [1.82, 2.24) is 9.97 Å². The number of aromatic nitrogens is 2. The third-order valence-electron chi connectivity index (χ3n) is 3.30. The van der Waals surface area contributed by atoms with Crippen LogP contribution in [0.2, 0.25) is 0 Å². The van der Waals surface area contributed by atoms with E-state index in [1.165, 1.54) is 17.4 Å². The number of nitrogens with zero attached hydrogens (tertiary/aromatic N) is 3. The predicted octanol–water partition coefficient (Wildman–Crippen LogP) is 3.92. The van der Waals surface area contributed by atoms with Gasteiger partial charge in [-0.05, 0) is 17.7 Å². The van der Waals surface area contributed by atoms with E-state index in [0.29, 0.717) is 11.7 Å². The number of hydrogen-bond acceptors (Lipinski definition) is 4. The van der Waals surface area contributed by atoms with Gasteiger partial charge in [0.2, 0.25) is 0 Å². The number of amides is 1. The van der Waals surface area contributed by atoms with Gasteiger partial charge in [0.05, 0.1) is 12.2 Å². The van der Waals surface area contributed by atoms with E-state index in [1.54, 1.807) is 17.3 Å². The molecule has 5 heteroatoms. The first kappa shape index (κ1) is 15.1. The number of thiazole rings is 1. The third-order valence-corrected chi connectivity index (χ3v) is 4.16. The third kappa shape index (κ3) is 3.52. The van der Waals surface area contributed by atoms with Crippen molar-refractivity contribution in [3.05, 3.63) is 78.5 Å². The van der Waals surface area contributed by atoms with Crippen LogP contribution in [-0.4, -0.2) is 15.9 Å². The average Bonchev–Trinajstić information content (AvgIpc) is 3.10. The van der Waals surface area contributed by atoms with Crippen LogP contribution in [0.1, 0.15) is 5.56 Å². The molecular formula is C18H15N3OS. The summed E-state index contributed by atoms with van der Waals surface area (Å²) in [6.07, 6.45) is 4.76. The largest absolute Gasteiger partial charge is 0.280 e. The number of benzene rings is 1. The first-order chi connectivity index (χ1) is 11.3. The van der Waals surface area contributed by atoms with Gasteiger partial charge in [0, 0.05) is 23.3 Å². The Morgan fingerprint density at radius 1 is 1.22 bits per heavy atom. The molecule has 4 nitrogen and oxygen atoms in total. The zero-order valence-electron chi connectivity index (χ0n) is 12.4. The fourth-order valence-corrected chi connectivity index (χ4v) is 2.99. The summed E-state index contributed by atoms with van der Waals surface area (Å²) < 4.78 is 0. The Labute approximate surface area is 138 Å². The highest BCUT2D eigenvalue weighted by atomic mass is 32.1. The van der Waals surface area contributed by atoms with Gasteiger partial charge < -0.3 is 0 Å². The molecular weight excluding hydrogens is 306 g/mol. The smallest absolute Gasteiger partial charge is 0.252 e. The maximum absolute atomic E-state index is 12.2. The number of carbonyl (C=O) groups excluding carboxylic acids is 1. The quantitative estimate of drug-likeness (QED) is 0.669. The van der Waals surface area contributed by atoms with Crippen molar-refractivity contribution in [2.75, 3.05) is 4.90 Å². The number of anilines is 1. The molecule has 0 bridgehead atoms. The number of carbonyl (C=O) groups is 1. The molecule has 2 aromatic heterocycles. The minimum Gasteiger partial charge on any atom is -0.280 e. The molecule has 0 spiro atoms. The summed E-state index contributed by atoms with van der Waals surface area (Å²) in [5.41, 5.74) is 2.83. The topological polar surface area (TPSA) is 46.1 Å². The lowest BCUT2D eigenvalue weighted by molar-refractivity contribution is -0.114. The van der Waals surface area contributed by atoms with Crippen LogP contribution < -0.4 is 4.90 Å². The minimum absolute atomic E-state index is 0.178. The van der Waals surface area contributed by atoms with Crippen LogP contribution >= 0.6 is 11.3 Å². The fourth-order valence-electron chi connectivity index (χ4n) is 2.15. The molecule has 0 radical (unpaired) electrons. The van der Waals surface area contributed by atoms with Gasteiger partial charge >= 0.3 is 0 Å². The second-order valence-corrected chi connectivity index (χ2v) is 5.71. The van der Waals surface area contributed by atoms with Crippen molar-refractivity contribution < 1.29 is 4.79 Å². The lowest BCUT2D eigenvalue weighted by Crippen LogP contribution is -2.28. The molecule has 3 rings (SSSR count). The summed E-state index contributed by atoms with van der Waals surface area (Å²) in [4.78, 5) is 22.5. The van der Waals surface area contributed by atoms with Gasteiger partial charge in [-0.25, -0.2) is 4.98 Å². The zero-order chi connectivity index (χ0) is 16.1. The summed E-state index contributed by atoms with van der Waals surface area (Å²) in [6, 6.07) is 13.7. The van der Waals surface area contributed by atoms with E-state index in [1.807, 2.05) is 47.8 Å². The molecule has 0 unspecified atom stereocenters. The standard InChI is InChI=1S/C18H15N3OS/c1-2-17(22)21(12-14-7-6-10-19-11-14)18-20-16(13-23-18)15-8-4-3-5-9-15/h2-11,13H,1,12H2. The van der Waals surface area contributed by atoms with Gasteiger partial charge in [0.25, 0.3) is 5.91 Å². The van der Waals surface area contributed by atoms with Crippen molar-refractivity contribution in [1.29, 1.82) is 0 Å². The van der Waals surface area contributed by atoms with Crippen molar-refractivity contribution in [2.24, 2.45) is 0 Å². The molecule has 0 aliphatic carbocycles. The summed E-state index contributed by atoms with van der Waals surface area (Å²) in [7, 11) is 0. The Bertz CT molecular complexity index is 799. The van der Waals surface area contributed by atoms with Crippen molar-refractivity contribution in [3.8, 4) is 11.3 Å². The zero-order valence-corrected chi connectivity index (χ0v) is 13.2. The van der Waals surface area contributed by atoms with Crippen LogP contribution in [0.3, 0.4) is 0 Å². The van der Waals surface area contributed by atoms with E-state index >= 15 is 0 Å². The number of hydrogen-bond donors (Lipinski definition) is 0. The van der Waals surface area contributed by atoms with Gasteiger partial charge in [-0.15, -0.1) is 11.3 Å². The SMILES string of the molecule is C=CC(=O)N(Cc1cccnc1)c1nc(-c2ccccc2)cs1. The Balaban J connectivity index is 1.90. The highest BCUT2D eigenvalue weighted by molar-refractivity contribution is 7.14. The predicted molar refractivity (Wildman–Crippen MR) is 93.2 cm³/mol. The molecule has 3 aromatic rings. The maximum atomic E-state index is 12.2. The van der Waals surface area contributed by atoms with Crippen molar-refractivity contribution in [2.45, 2.75) is 6.54 Å². The number of rotatable bonds is 5. The number of pyridine rings is 1. The lowest BCUT2D eigenvalue weighted by atomic mass is 10.2. The highest BCUT2D eigenvalue weighted by Gasteiger charge is 2.17. The van der Waals surface area contributed by atoms with Crippen LogP contribution in [0.25, 0.3) is 11.3 Å². The normalized spacial score (nSPS) is 10.3. The van der Waals surface area contributed by atoms with Crippen molar-refractivity contribution in [3.63, 3.8) is 0 Å².